The standard InChI is InChI=1S/C22H29N3OS/c1-21(2)14-17(15-22(3,4)25-21)24-20(27)23-16-10-12-19(13-11-16)26-18-8-6-5-7-9-18/h5-13,17,25H,14-15H2,1-4H3,(H2,23,24,27). The second kappa shape index (κ2) is 7.87. The molecule has 0 spiro atoms. The maximum Gasteiger partial charge on any atom is 0.170 e. The number of piperidine rings is 1. The molecule has 0 aromatic heterocycles. The summed E-state index contributed by atoms with van der Waals surface area (Å²) in [6.07, 6.45) is 2.06. The van der Waals surface area contributed by atoms with Crippen LogP contribution in [-0.2, 0) is 0 Å². The highest BCUT2D eigenvalue weighted by atomic mass is 32.1. The lowest BCUT2D eigenvalue weighted by Gasteiger charge is -2.46. The highest BCUT2D eigenvalue weighted by Gasteiger charge is 2.37. The number of benzene rings is 2. The SMILES string of the molecule is CC1(C)CC(NC(=S)Nc2ccc(Oc3ccccc3)cc2)CC(C)(C)N1. The van der Waals surface area contributed by atoms with E-state index in [1.807, 2.05) is 54.6 Å². The molecule has 3 rings (SSSR count). The van der Waals surface area contributed by atoms with Gasteiger partial charge in [-0.15, -0.1) is 0 Å². The second-order valence-electron chi connectivity index (χ2n) is 8.54. The van der Waals surface area contributed by atoms with Crippen molar-refractivity contribution in [2.75, 3.05) is 5.32 Å². The molecular formula is C22H29N3OS. The van der Waals surface area contributed by atoms with Crippen LogP contribution in [0.3, 0.4) is 0 Å². The molecule has 0 saturated carbocycles. The van der Waals surface area contributed by atoms with Crippen LogP contribution in [0.15, 0.2) is 54.6 Å². The van der Waals surface area contributed by atoms with Crippen molar-refractivity contribution in [2.45, 2.75) is 57.7 Å². The maximum absolute atomic E-state index is 5.82. The number of anilines is 1. The van der Waals surface area contributed by atoms with Crippen LogP contribution in [0.5, 0.6) is 11.5 Å². The van der Waals surface area contributed by atoms with E-state index in [0.717, 1.165) is 30.0 Å². The van der Waals surface area contributed by atoms with E-state index in [-0.39, 0.29) is 11.1 Å². The number of rotatable bonds is 4. The van der Waals surface area contributed by atoms with Crippen molar-refractivity contribution in [1.29, 1.82) is 0 Å². The molecule has 4 nitrogen and oxygen atoms in total. The van der Waals surface area contributed by atoms with Gasteiger partial charge in [-0.3, -0.25) is 0 Å². The van der Waals surface area contributed by atoms with Gasteiger partial charge in [0.2, 0.25) is 0 Å². The Labute approximate surface area is 167 Å². The van der Waals surface area contributed by atoms with Gasteiger partial charge in [0.15, 0.2) is 5.11 Å². The zero-order chi connectivity index (χ0) is 19.5. The van der Waals surface area contributed by atoms with Crippen LogP contribution in [-0.4, -0.2) is 22.2 Å². The number of ether oxygens (including phenoxy) is 1. The van der Waals surface area contributed by atoms with Crippen molar-refractivity contribution in [2.24, 2.45) is 0 Å². The predicted octanol–water partition coefficient (Wildman–Crippen LogP) is 5.07. The van der Waals surface area contributed by atoms with Crippen LogP contribution in [0.25, 0.3) is 0 Å². The largest absolute Gasteiger partial charge is 0.457 e. The molecule has 3 N–H and O–H groups in total. The smallest absolute Gasteiger partial charge is 0.170 e. The molecule has 5 heteroatoms. The number of para-hydroxylation sites is 1. The summed E-state index contributed by atoms with van der Waals surface area (Å²) in [5.74, 6) is 1.62. The first-order valence-corrected chi connectivity index (χ1v) is 9.81. The van der Waals surface area contributed by atoms with Gasteiger partial charge in [0.1, 0.15) is 11.5 Å². The highest BCUT2D eigenvalue weighted by Crippen LogP contribution is 2.28. The third kappa shape index (κ3) is 5.94. The van der Waals surface area contributed by atoms with Gasteiger partial charge in [0.25, 0.3) is 0 Å². The normalized spacial score (nSPS) is 18.5. The third-order valence-corrected chi connectivity index (χ3v) is 4.84. The molecule has 2 aromatic rings. The fourth-order valence-electron chi connectivity index (χ4n) is 4.01. The molecule has 1 aliphatic heterocycles. The Kier molecular flexibility index (Phi) is 5.72. The summed E-state index contributed by atoms with van der Waals surface area (Å²) in [4.78, 5) is 0. The zero-order valence-electron chi connectivity index (χ0n) is 16.5. The Morgan fingerprint density at radius 2 is 1.48 bits per heavy atom. The van der Waals surface area contributed by atoms with Gasteiger partial charge < -0.3 is 20.7 Å². The molecule has 1 heterocycles. The molecule has 0 bridgehead atoms. The van der Waals surface area contributed by atoms with Gasteiger partial charge in [-0.1, -0.05) is 18.2 Å². The zero-order valence-corrected chi connectivity index (χ0v) is 17.3. The van der Waals surface area contributed by atoms with Gasteiger partial charge in [0, 0.05) is 22.8 Å². The monoisotopic (exact) mass is 383 g/mol. The van der Waals surface area contributed by atoms with Crippen LogP contribution in [0.1, 0.15) is 40.5 Å². The predicted molar refractivity (Wildman–Crippen MR) is 117 cm³/mol. The quantitative estimate of drug-likeness (QED) is 0.643. The van der Waals surface area contributed by atoms with Gasteiger partial charge in [-0.05, 0) is 89.2 Å². The van der Waals surface area contributed by atoms with Crippen LogP contribution in [0.4, 0.5) is 5.69 Å². The second-order valence-corrected chi connectivity index (χ2v) is 8.94. The summed E-state index contributed by atoms with van der Waals surface area (Å²) >= 11 is 5.53. The Morgan fingerprint density at radius 1 is 0.926 bits per heavy atom. The molecule has 0 atom stereocenters. The lowest BCUT2D eigenvalue weighted by Crippen LogP contribution is -2.62. The van der Waals surface area contributed by atoms with Crippen molar-refractivity contribution in [3.63, 3.8) is 0 Å². The van der Waals surface area contributed by atoms with E-state index in [1.54, 1.807) is 0 Å². The minimum atomic E-state index is 0.0887. The fourth-order valence-corrected chi connectivity index (χ4v) is 4.29. The van der Waals surface area contributed by atoms with E-state index in [0.29, 0.717) is 11.2 Å². The van der Waals surface area contributed by atoms with E-state index in [9.17, 15) is 0 Å². The van der Waals surface area contributed by atoms with E-state index in [1.165, 1.54) is 0 Å². The molecule has 144 valence electrons. The van der Waals surface area contributed by atoms with Crippen LogP contribution >= 0.6 is 12.2 Å². The average Bonchev–Trinajstić information content (AvgIpc) is 2.54. The first kappa shape index (κ1) is 19.6. The van der Waals surface area contributed by atoms with Crippen molar-refractivity contribution >= 4 is 23.0 Å². The summed E-state index contributed by atoms with van der Waals surface area (Å²) in [5.41, 5.74) is 1.12. The molecule has 0 amide bonds. The van der Waals surface area contributed by atoms with Crippen molar-refractivity contribution in [1.82, 2.24) is 10.6 Å². The number of hydrogen-bond donors (Lipinski definition) is 3. The fraction of sp³-hybridized carbons (Fsp3) is 0.409. The molecule has 1 saturated heterocycles. The summed E-state index contributed by atoms with van der Waals surface area (Å²) in [5, 5.41) is 11.1. The summed E-state index contributed by atoms with van der Waals surface area (Å²) < 4.78 is 5.82. The number of hydrogen-bond acceptors (Lipinski definition) is 3. The summed E-state index contributed by atoms with van der Waals surface area (Å²) in [7, 11) is 0. The molecule has 0 unspecified atom stereocenters. The average molecular weight is 384 g/mol. The molecular weight excluding hydrogens is 354 g/mol. The van der Waals surface area contributed by atoms with Crippen molar-refractivity contribution < 1.29 is 4.74 Å². The van der Waals surface area contributed by atoms with E-state index in [2.05, 4.69) is 43.6 Å². The Morgan fingerprint density at radius 3 is 2.07 bits per heavy atom. The van der Waals surface area contributed by atoms with Gasteiger partial charge >= 0.3 is 0 Å². The maximum atomic E-state index is 5.82. The lowest BCUT2D eigenvalue weighted by molar-refractivity contribution is 0.156. The first-order chi connectivity index (χ1) is 12.7. The summed E-state index contributed by atoms with van der Waals surface area (Å²) in [6, 6.07) is 17.9. The molecule has 0 aliphatic carbocycles. The topological polar surface area (TPSA) is 45.3 Å². The van der Waals surface area contributed by atoms with Crippen LogP contribution in [0.2, 0.25) is 0 Å². The Bertz CT molecular complexity index is 756. The van der Waals surface area contributed by atoms with Crippen molar-refractivity contribution in [3.05, 3.63) is 54.6 Å². The molecule has 0 radical (unpaired) electrons. The van der Waals surface area contributed by atoms with Gasteiger partial charge in [0.05, 0.1) is 0 Å². The molecule has 1 fully saturated rings. The Hall–Kier alpha value is -2.11. The Balaban J connectivity index is 1.55. The first-order valence-electron chi connectivity index (χ1n) is 9.41. The third-order valence-electron chi connectivity index (χ3n) is 4.62. The summed E-state index contributed by atoms with van der Waals surface area (Å²) in [6.45, 7) is 8.96. The van der Waals surface area contributed by atoms with E-state index in [4.69, 9.17) is 17.0 Å². The molecule has 2 aromatic carbocycles. The van der Waals surface area contributed by atoms with Gasteiger partial charge in [-0.25, -0.2) is 0 Å². The molecule has 27 heavy (non-hydrogen) atoms. The number of thiocarbonyl (C=S) groups is 1. The minimum Gasteiger partial charge on any atom is -0.457 e. The van der Waals surface area contributed by atoms with Crippen LogP contribution < -0.4 is 20.7 Å². The van der Waals surface area contributed by atoms with Crippen molar-refractivity contribution in [3.8, 4) is 11.5 Å². The lowest BCUT2D eigenvalue weighted by atomic mass is 9.80. The highest BCUT2D eigenvalue weighted by molar-refractivity contribution is 7.80. The molecule has 1 aliphatic rings. The minimum absolute atomic E-state index is 0.0887. The van der Waals surface area contributed by atoms with E-state index < -0.39 is 0 Å². The number of nitrogens with one attached hydrogen (secondary N) is 3. The van der Waals surface area contributed by atoms with E-state index >= 15 is 0 Å². The van der Waals surface area contributed by atoms with Crippen LogP contribution in [0, 0.1) is 0 Å². The van der Waals surface area contributed by atoms with Gasteiger partial charge in [-0.2, -0.15) is 0 Å².